The Morgan fingerprint density at radius 2 is 2.00 bits per heavy atom. The fraction of sp³-hybridized carbons (Fsp3) is 0.696. The highest BCUT2D eigenvalue weighted by atomic mass is 127. The number of nitrogens with zero attached hydrogens (tertiary/aromatic N) is 3. The van der Waals surface area contributed by atoms with Crippen LogP contribution in [-0.4, -0.2) is 70.3 Å². The molecule has 6 nitrogen and oxygen atoms in total. The molecule has 30 heavy (non-hydrogen) atoms. The molecular formula is C23H40IN5O. The topological polar surface area (TPSA) is 52.1 Å². The molecule has 2 aliphatic rings. The largest absolute Gasteiger partial charge is 0.495 e. The van der Waals surface area contributed by atoms with Crippen LogP contribution in [0.25, 0.3) is 0 Å². The minimum Gasteiger partial charge on any atom is -0.495 e. The average Bonchev–Trinajstić information content (AvgIpc) is 3.25. The number of methoxy groups -OCH3 is 1. The Morgan fingerprint density at radius 3 is 2.77 bits per heavy atom. The summed E-state index contributed by atoms with van der Waals surface area (Å²) in [5.74, 6) is 2.50. The van der Waals surface area contributed by atoms with Crippen molar-refractivity contribution in [1.29, 1.82) is 0 Å². The normalized spacial score (nSPS) is 22.5. The Kier molecular flexibility index (Phi) is 11.1. The number of rotatable bonds is 8. The number of hydrogen-bond acceptors (Lipinski definition) is 4. The van der Waals surface area contributed by atoms with Crippen molar-refractivity contribution in [3.63, 3.8) is 0 Å². The summed E-state index contributed by atoms with van der Waals surface area (Å²) in [6, 6.07) is 9.07. The molecular weight excluding hydrogens is 489 g/mol. The smallest absolute Gasteiger partial charge is 0.191 e. The lowest BCUT2D eigenvalue weighted by Crippen LogP contribution is -2.46. The molecule has 0 radical (unpaired) electrons. The Balaban J connectivity index is 0.00000320. The number of aliphatic imine (C=N–C) groups is 1. The van der Waals surface area contributed by atoms with E-state index in [4.69, 9.17) is 4.74 Å². The first kappa shape index (κ1) is 25.0. The lowest BCUT2D eigenvalue weighted by atomic mass is 10.0. The Hall–Kier alpha value is -1.22. The summed E-state index contributed by atoms with van der Waals surface area (Å²) in [4.78, 5) is 9.50. The van der Waals surface area contributed by atoms with Gasteiger partial charge >= 0.3 is 0 Å². The molecule has 2 fully saturated rings. The summed E-state index contributed by atoms with van der Waals surface area (Å²) >= 11 is 0. The van der Waals surface area contributed by atoms with Crippen molar-refractivity contribution in [2.24, 2.45) is 10.9 Å². The summed E-state index contributed by atoms with van der Waals surface area (Å²) in [6.07, 6.45) is 6.53. The number of piperidine rings is 1. The molecule has 170 valence electrons. The monoisotopic (exact) mass is 529 g/mol. The standard InChI is InChI=1S/C23H39N5O.HI/c1-4-20-9-7-8-14-27(20)16-13-25-23(24-2)26-17-19-12-15-28(18-19)21-10-5-6-11-22(21)29-3;/h5-6,10-11,19-20H,4,7-9,12-18H2,1-3H3,(H2,24,25,26);1H. The first-order valence-corrected chi connectivity index (χ1v) is 11.3. The maximum Gasteiger partial charge on any atom is 0.191 e. The van der Waals surface area contributed by atoms with E-state index in [0.29, 0.717) is 5.92 Å². The van der Waals surface area contributed by atoms with Crippen molar-refractivity contribution in [3.8, 4) is 5.75 Å². The molecule has 2 heterocycles. The van der Waals surface area contributed by atoms with Crippen LogP contribution in [-0.2, 0) is 0 Å². The number of likely N-dealkylation sites (tertiary alicyclic amines) is 1. The number of ether oxygens (including phenoxy) is 1. The second-order valence-corrected chi connectivity index (χ2v) is 8.25. The van der Waals surface area contributed by atoms with Crippen LogP contribution in [0, 0.1) is 5.92 Å². The van der Waals surface area contributed by atoms with Crippen LogP contribution >= 0.6 is 24.0 Å². The Labute approximate surface area is 199 Å². The van der Waals surface area contributed by atoms with E-state index in [1.165, 1.54) is 44.3 Å². The number of hydrogen-bond donors (Lipinski definition) is 2. The molecule has 2 saturated heterocycles. The fourth-order valence-electron chi connectivity index (χ4n) is 4.71. The Morgan fingerprint density at radius 1 is 1.17 bits per heavy atom. The zero-order valence-electron chi connectivity index (χ0n) is 18.9. The lowest BCUT2D eigenvalue weighted by molar-refractivity contribution is 0.147. The zero-order chi connectivity index (χ0) is 20.5. The third-order valence-corrected chi connectivity index (χ3v) is 6.41. The summed E-state index contributed by atoms with van der Waals surface area (Å²) in [7, 11) is 3.61. The van der Waals surface area contributed by atoms with Gasteiger partial charge in [0.1, 0.15) is 5.75 Å². The molecule has 2 unspecified atom stereocenters. The molecule has 2 aliphatic heterocycles. The van der Waals surface area contributed by atoms with Gasteiger partial charge in [0.2, 0.25) is 0 Å². The first-order valence-electron chi connectivity index (χ1n) is 11.3. The number of guanidine groups is 1. The number of anilines is 1. The second-order valence-electron chi connectivity index (χ2n) is 8.25. The maximum atomic E-state index is 5.53. The van der Waals surface area contributed by atoms with Crippen LogP contribution in [0.4, 0.5) is 5.69 Å². The third kappa shape index (κ3) is 6.90. The van der Waals surface area contributed by atoms with Gasteiger partial charge in [0.05, 0.1) is 12.8 Å². The SMILES string of the molecule is CCC1CCCCN1CCNC(=NC)NCC1CCN(c2ccccc2OC)C1.I. The van der Waals surface area contributed by atoms with Crippen molar-refractivity contribution in [3.05, 3.63) is 24.3 Å². The Bertz CT molecular complexity index is 656. The van der Waals surface area contributed by atoms with Crippen LogP contribution in [0.1, 0.15) is 39.0 Å². The van der Waals surface area contributed by atoms with Crippen molar-refractivity contribution >= 4 is 35.6 Å². The highest BCUT2D eigenvalue weighted by Crippen LogP contribution is 2.31. The van der Waals surface area contributed by atoms with Gasteiger partial charge in [-0.15, -0.1) is 24.0 Å². The van der Waals surface area contributed by atoms with Gasteiger partial charge in [-0.05, 0) is 50.3 Å². The molecule has 0 saturated carbocycles. The minimum absolute atomic E-state index is 0. The fourth-order valence-corrected chi connectivity index (χ4v) is 4.71. The summed E-state index contributed by atoms with van der Waals surface area (Å²) in [5.41, 5.74) is 1.20. The number of halogens is 1. The third-order valence-electron chi connectivity index (χ3n) is 6.41. The van der Waals surface area contributed by atoms with E-state index in [2.05, 4.69) is 44.5 Å². The van der Waals surface area contributed by atoms with Crippen molar-refractivity contribution in [2.75, 3.05) is 58.3 Å². The first-order chi connectivity index (χ1) is 14.2. The molecule has 2 N–H and O–H groups in total. The van der Waals surface area contributed by atoms with E-state index >= 15 is 0 Å². The predicted molar refractivity (Wildman–Crippen MR) is 138 cm³/mol. The van der Waals surface area contributed by atoms with E-state index in [-0.39, 0.29) is 24.0 Å². The van der Waals surface area contributed by atoms with Crippen LogP contribution in [0.5, 0.6) is 5.75 Å². The summed E-state index contributed by atoms with van der Waals surface area (Å²) < 4.78 is 5.53. The number of para-hydroxylation sites is 2. The number of nitrogens with one attached hydrogen (secondary N) is 2. The maximum absolute atomic E-state index is 5.53. The average molecular weight is 530 g/mol. The van der Waals surface area contributed by atoms with Crippen LogP contribution in [0.2, 0.25) is 0 Å². The molecule has 2 atom stereocenters. The van der Waals surface area contributed by atoms with Gasteiger partial charge in [0, 0.05) is 45.8 Å². The molecule has 0 aliphatic carbocycles. The van der Waals surface area contributed by atoms with Gasteiger partial charge in [-0.2, -0.15) is 0 Å². The highest BCUT2D eigenvalue weighted by Gasteiger charge is 2.25. The van der Waals surface area contributed by atoms with E-state index in [1.807, 2.05) is 19.2 Å². The van der Waals surface area contributed by atoms with Gasteiger partial charge in [0.25, 0.3) is 0 Å². The van der Waals surface area contributed by atoms with Gasteiger partial charge in [-0.25, -0.2) is 0 Å². The molecule has 1 aromatic rings. The molecule has 0 spiro atoms. The van der Waals surface area contributed by atoms with Gasteiger partial charge in [0.15, 0.2) is 5.96 Å². The second kappa shape index (κ2) is 13.2. The quantitative estimate of drug-likeness (QED) is 0.307. The summed E-state index contributed by atoms with van der Waals surface area (Å²) in [6.45, 7) is 8.69. The van der Waals surface area contributed by atoms with Crippen molar-refractivity contribution in [1.82, 2.24) is 15.5 Å². The number of benzene rings is 1. The molecule has 1 aromatic carbocycles. The predicted octanol–water partition coefficient (Wildman–Crippen LogP) is 3.57. The molecule has 0 amide bonds. The van der Waals surface area contributed by atoms with Crippen LogP contribution < -0.4 is 20.3 Å². The minimum atomic E-state index is 0. The van der Waals surface area contributed by atoms with E-state index in [1.54, 1.807) is 7.11 Å². The molecule has 7 heteroatoms. The van der Waals surface area contributed by atoms with E-state index in [0.717, 1.165) is 50.5 Å². The van der Waals surface area contributed by atoms with E-state index < -0.39 is 0 Å². The van der Waals surface area contributed by atoms with Gasteiger partial charge in [-0.1, -0.05) is 25.5 Å². The van der Waals surface area contributed by atoms with Crippen LogP contribution in [0.15, 0.2) is 29.3 Å². The molecule has 3 rings (SSSR count). The van der Waals surface area contributed by atoms with Crippen LogP contribution in [0.3, 0.4) is 0 Å². The van der Waals surface area contributed by atoms with Crippen molar-refractivity contribution in [2.45, 2.75) is 45.1 Å². The highest BCUT2D eigenvalue weighted by molar-refractivity contribution is 14.0. The molecule has 0 aromatic heterocycles. The molecule has 0 bridgehead atoms. The lowest BCUT2D eigenvalue weighted by Gasteiger charge is -2.35. The zero-order valence-corrected chi connectivity index (χ0v) is 21.2. The van der Waals surface area contributed by atoms with Gasteiger partial charge < -0.3 is 20.3 Å². The van der Waals surface area contributed by atoms with Gasteiger partial charge in [-0.3, -0.25) is 9.89 Å². The van der Waals surface area contributed by atoms with Crippen molar-refractivity contribution < 1.29 is 4.74 Å². The summed E-state index contributed by atoms with van der Waals surface area (Å²) in [5, 5.41) is 7.05. The van der Waals surface area contributed by atoms with E-state index in [9.17, 15) is 0 Å².